The summed E-state index contributed by atoms with van der Waals surface area (Å²) in [7, 11) is 0. The van der Waals surface area contributed by atoms with E-state index in [4.69, 9.17) is 10.8 Å². The van der Waals surface area contributed by atoms with Crippen molar-refractivity contribution in [3.05, 3.63) is 23.5 Å². The Labute approximate surface area is 104 Å². The summed E-state index contributed by atoms with van der Waals surface area (Å²) in [6.45, 7) is 0.824. The Bertz CT molecular complexity index is 518. The molecule has 1 aromatic carbocycles. The molecule has 2 fully saturated rings. The SMILES string of the molecule is Nc1cc(F)c(N2C[C@@H]3CC[C@@H]2C3)cc1C(=O)O. The number of rotatable bonds is 2. The molecule has 1 saturated heterocycles. The average Bonchev–Trinajstić information content (AvgIpc) is 2.90. The van der Waals surface area contributed by atoms with E-state index in [2.05, 4.69) is 0 Å². The number of anilines is 2. The van der Waals surface area contributed by atoms with Crippen LogP contribution in [0, 0.1) is 11.7 Å². The van der Waals surface area contributed by atoms with E-state index in [9.17, 15) is 9.18 Å². The molecule has 2 bridgehead atoms. The van der Waals surface area contributed by atoms with E-state index in [1.165, 1.54) is 12.5 Å². The fourth-order valence-corrected chi connectivity index (χ4v) is 3.20. The van der Waals surface area contributed by atoms with Gasteiger partial charge in [-0.05, 0) is 37.3 Å². The van der Waals surface area contributed by atoms with Gasteiger partial charge in [0.2, 0.25) is 0 Å². The highest BCUT2D eigenvalue weighted by Gasteiger charge is 2.39. The van der Waals surface area contributed by atoms with Gasteiger partial charge in [-0.3, -0.25) is 0 Å². The van der Waals surface area contributed by atoms with Crippen molar-refractivity contribution in [2.75, 3.05) is 17.2 Å². The van der Waals surface area contributed by atoms with Crippen molar-refractivity contribution in [1.82, 2.24) is 0 Å². The number of fused-ring (bicyclic) bond motifs is 2. The molecule has 0 unspecified atom stereocenters. The Hall–Kier alpha value is -1.78. The molecule has 1 aliphatic heterocycles. The number of nitrogen functional groups attached to an aromatic ring is 1. The van der Waals surface area contributed by atoms with Crippen LogP contribution in [0.15, 0.2) is 12.1 Å². The standard InChI is InChI=1S/C13H15FN2O2/c14-10-5-11(15)9(13(17)18)4-12(10)16-6-7-1-2-8(16)3-7/h4-5,7-8H,1-3,6,15H2,(H,17,18)/t7-,8-/m1/s1. The lowest BCUT2D eigenvalue weighted by molar-refractivity contribution is 0.0698. The van der Waals surface area contributed by atoms with Gasteiger partial charge >= 0.3 is 5.97 Å². The van der Waals surface area contributed by atoms with E-state index in [0.29, 0.717) is 17.6 Å². The van der Waals surface area contributed by atoms with Gasteiger partial charge in [0.15, 0.2) is 0 Å². The predicted molar refractivity (Wildman–Crippen MR) is 66.2 cm³/mol. The third kappa shape index (κ3) is 1.62. The van der Waals surface area contributed by atoms with Crippen molar-refractivity contribution in [3.8, 4) is 0 Å². The van der Waals surface area contributed by atoms with Crippen LogP contribution in [0.4, 0.5) is 15.8 Å². The van der Waals surface area contributed by atoms with E-state index in [1.54, 1.807) is 0 Å². The zero-order valence-electron chi connectivity index (χ0n) is 9.90. The number of benzene rings is 1. The minimum Gasteiger partial charge on any atom is -0.478 e. The average molecular weight is 250 g/mol. The molecule has 18 heavy (non-hydrogen) atoms. The van der Waals surface area contributed by atoms with Crippen LogP contribution in [0.2, 0.25) is 0 Å². The zero-order valence-corrected chi connectivity index (χ0v) is 9.90. The lowest BCUT2D eigenvalue weighted by Gasteiger charge is -2.29. The molecule has 1 aromatic rings. The van der Waals surface area contributed by atoms with Crippen LogP contribution < -0.4 is 10.6 Å². The quantitative estimate of drug-likeness (QED) is 0.789. The van der Waals surface area contributed by atoms with Gasteiger partial charge in [0, 0.05) is 18.3 Å². The van der Waals surface area contributed by atoms with Gasteiger partial charge in [0.25, 0.3) is 0 Å². The van der Waals surface area contributed by atoms with Crippen molar-refractivity contribution in [1.29, 1.82) is 0 Å². The summed E-state index contributed by atoms with van der Waals surface area (Å²) in [6, 6.07) is 2.84. The second kappa shape index (κ2) is 3.86. The smallest absolute Gasteiger partial charge is 0.337 e. The molecular weight excluding hydrogens is 235 g/mol. The molecule has 1 heterocycles. The number of halogens is 1. The number of carboxylic acid groups (broad SMARTS) is 1. The molecule has 0 spiro atoms. The number of nitrogens with zero attached hydrogens (tertiary/aromatic N) is 1. The van der Waals surface area contributed by atoms with Gasteiger partial charge in [-0.2, -0.15) is 0 Å². The van der Waals surface area contributed by atoms with Crippen molar-refractivity contribution in [2.24, 2.45) is 5.92 Å². The second-order valence-corrected chi connectivity index (χ2v) is 5.18. The van der Waals surface area contributed by atoms with Crippen LogP contribution in [0.25, 0.3) is 0 Å². The molecule has 5 heteroatoms. The summed E-state index contributed by atoms with van der Waals surface area (Å²) in [4.78, 5) is 13.0. The topological polar surface area (TPSA) is 66.6 Å². The first kappa shape index (κ1) is 11.3. The number of carboxylic acids is 1. The summed E-state index contributed by atoms with van der Waals surface area (Å²) in [5, 5.41) is 9.03. The van der Waals surface area contributed by atoms with Crippen LogP contribution in [0.1, 0.15) is 29.6 Å². The van der Waals surface area contributed by atoms with Gasteiger partial charge in [-0.15, -0.1) is 0 Å². The number of carbonyl (C=O) groups is 1. The van der Waals surface area contributed by atoms with Crippen LogP contribution in [0.5, 0.6) is 0 Å². The van der Waals surface area contributed by atoms with Gasteiger partial charge in [-0.25, -0.2) is 9.18 Å². The van der Waals surface area contributed by atoms with Crippen LogP contribution in [-0.2, 0) is 0 Å². The van der Waals surface area contributed by atoms with E-state index in [0.717, 1.165) is 25.5 Å². The molecule has 0 aromatic heterocycles. The van der Waals surface area contributed by atoms with Crippen LogP contribution in [-0.4, -0.2) is 23.7 Å². The fourth-order valence-electron chi connectivity index (χ4n) is 3.20. The summed E-state index contributed by atoms with van der Waals surface area (Å²) in [5.74, 6) is -0.914. The normalized spacial score (nSPS) is 25.7. The molecule has 1 aliphatic carbocycles. The maximum atomic E-state index is 14.0. The monoisotopic (exact) mass is 250 g/mol. The van der Waals surface area contributed by atoms with Crippen LogP contribution >= 0.6 is 0 Å². The molecule has 4 nitrogen and oxygen atoms in total. The minimum atomic E-state index is -1.11. The highest BCUT2D eigenvalue weighted by Crippen LogP contribution is 2.41. The molecular formula is C13H15FN2O2. The molecule has 2 aliphatic rings. The maximum Gasteiger partial charge on any atom is 0.337 e. The maximum absolute atomic E-state index is 14.0. The molecule has 96 valence electrons. The minimum absolute atomic E-state index is 0.0193. The molecule has 3 rings (SSSR count). The Balaban J connectivity index is 2.01. The lowest BCUT2D eigenvalue weighted by atomic mass is 10.1. The predicted octanol–water partition coefficient (Wildman–Crippen LogP) is 2.09. The van der Waals surface area contributed by atoms with E-state index in [1.807, 2.05) is 4.90 Å². The first-order valence-electron chi connectivity index (χ1n) is 6.15. The van der Waals surface area contributed by atoms with Crippen molar-refractivity contribution in [2.45, 2.75) is 25.3 Å². The van der Waals surface area contributed by atoms with Crippen molar-refractivity contribution < 1.29 is 14.3 Å². The third-order valence-electron chi connectivity index (χ3n) is 4.07. The Morgan fingerprint density at radius 1 is 1.44 bits per heavy atom. The Morgan fingerprint density at radius 3 is 2.78 bits per heavy atom. The number of aromatic carboxylic acids is 1. The fraction of sp³-hybridized carbons (Fsp3) is 0.462. The Morgan fingerprint density at radius 2 is 2.22 bits per heavy atom. The van der Waals surface area contributed by atoms with E-state index in [-0.39, 0.29) is 11.3 Å². The number of nitrogens with two attached hydrogens (primary N) is 1. The molecule has 2 atom stereocenters. The van der Waals surface area contributed by atoms with Gasteiger partial charge < -0.3 is 15.7 Å². The summed E-state index contributed by atoms with van der Waals surface area (Å²) >= 11 is 0. The van der Waals surface area contributed by atoms with Crippen molar-refractivity contribution >= 4 is 17.3 Å². The van der Waals surface area contributed by atoms with Gasteiger partial charge in [0.1, 0.15) is 5.82 Å². The molecule has 1 saturated carbocycles. The number of piperidine rings is 1. The lowest BCUT2D eigenvalue weighted by Crippen LogP contribution is -2.32. The number of hydrogen-bond donors (Lipinski definition) is 2. The van der Waals surface area contributed by atoms with E-state index >= 15 is 0 Å². The van der Waals surface area contributed by atoms with Gasteiger partial charge in [-0.1, -0.05) is 0 Å². The first-order valence-corrected chi connectivity index (χ1v) is 6.15. The summed E-state index contributed by atoms with van der Waals surface area (Å²) in [6.07, 6.45) is 3.35. The highest BCUT2D eigenvalue weighted by atomic mass is 19.1. The molecule has 0 amide bonds. The van der Waals surface area contributed by atoms with Crippen molar-refractivity contribution in [3.63, 3.8) is 0 Å². The van der Waals surface area contributed by atoms with E-state index < -0.39 is 11.8 Å². The second-order valence-electron chi connectivity index (χ2n) is 5.18. The Kier molecular flexibility index (Phi) is 2.43. The molecule has 3 N–H and O–H groups in total. The van der Waals surface area contributed by atoms with Gasteiger partial charge in [0.05, 0.1) is 11.3 Å². The van der Waals surface area contributed by atoms with Crippen LogP contribution in [0.3, 0.4) is 0 Å². The highest BCUT2D eigenvalue weighted by molar-refractivity contribution is 5.95. The summed E-state index contributed by atoms with van der Waals surface area (Å²) in [5.41, 5.74) is 5.87. The largest absolute Gasteiger partial charge is 0.478 e. The first-order chi connectivity index (χ1) is 8.56. The summed E-state index contributed by atoms with van der Waals surface area (Å²) < 4.78 is 14.0. The third-order valence-corrected chi connectivity index (χ3v) is 4.07. The zero-order chi connectivity index (χ0) is 12.9. The number of hydrogen-bond acceptors (Lipinski definition) is 3. The molecule has 0 radical (unpaired) electrons.